The number of phenols is 1. The molecule has 0 unspecified atom stereocenters. The predicted molar refractivity (Wildman–Crippen MR) is 173 cm³/mol. The highest BCUT2D eigenvalue weighted by atomic mass is 19.2. The molecule has 0 saturated carbocycles. The van der Waals surface area contributed by atoms with Crippen LogP contribution in [0.25, 0.3) is 10.8 Å². The molecule has 1 amide bonds. The van der Waals surface area contributed by atoms with Gasteiger partial charge in [-0.15, -0.1) is 0 Å². The van der Waals surface area contributed by atoms with Crippen molar-refractivity contribution in [2.75, 3.05) is 64.7 Å². The predicted octanol–water partition coefficient (Wildman–Crippen LogP) is 4.80. The maximum atomic E-state index is 13.6. The number of ether oxygens (including phenoxy) is 5. The first-order valence-corrected chi connectivity index (χ1v) is 15.4. The van der Waals surface area contributed by atoms with Crippen molar-refractivity contribution in [3.63, 3.8) is 0 Å². The SMILES string of the molecule is N/N=C(\C=NCCOCCOCCOCCOCCC(=O)Oc1c(F)c(F)c(F)c(F)c1F)CCCC(=O)Nc1ccc2cc(O)ccc2c1. The Bertz CT molecular complexity index is 1610. The number of rotatable bonds is 22. The molecule has 12 nitrogen and oxygen atoms in total. The number of esters is 1. The lowest BCUT2D eigenvalue weighted by Crippen LogP contribution is -2.16. The number of benzene rings is 3. The Kier molecular flexibility index (Phi) is 17.0. The van der Waals surface area contributed by atoms with E-state index in [1.807, 2.05) is 12.1 Å². The van der Waals surface area contributed by atoms with Crippen LogP contribution < -0.4 is 15.9 Å². The van der Waals surface area contributed by atoms with Gasteiger partial charge in [-0.05, 0) is 47.9 Å². The van der Waals surface area contributed by atoms with Gasteiger partial charge in [-0.25, -0.2) is 13.2 Å². The van der Waals surface area contributed by atoms with Gasteiger partial charge in [0.15, 0.2) is 0 Å². The summed E-state index contributed by atoms with van der Waals surface area (Å²) in [6.07, 6.45) is 2.31. The minimum Gasteiger partial charge on any atom is -0.508 e. The van der Waals surface area contributed by atoms with E-state index in [1.165, 1.54) is 0 Å². The molecule has 0 aromatic heterocycles. The Labute approximate surface area is 284 Å². The van der Waals surface area contributed by atoms with Gasteiger partial charge in [-0.1, -0.05) is 12.1 Å². The summed E-state index contributed by atoms with van der Waals surface area (Å²) in [4.78, 5) is 28.2. The van der Waals surface area contributed by atoms with E-state index in [9.17, 15) is 36.6 Å². The number of hydrogen-bond acceptors (Lipinski definition) is 11. The monoisotopic (exact) mass is 712 g/mol. The summed E-state index contributed by atoms with van der Waals surface area (Å²) in [5, 5.41) is 17.9. The van der Waals surface area contributed by atoms with Crippen molar-refractivity contribution in [1.29, 1.82) is 0 Å². The highest BCUT2D eigenvalue weighted by Gasteiger charge is 2.28. The fourth-order valence-corrected chi connectivity index (χ4v) is 4.17. The number of aromatic hydroxyl groups is 1. The summed E-state index contributed by atoms with van der Waals surface area (Å²) >= 11 is 0. The summed E-state index contributed by atoms with van der Waals surface area (Å²) in [5.74, 6) is -8.73. The molecule has 0 radical (unpaired) electrons. The van der Waals surface area contributed by atoms with Crippen molar-refractivity contribution >= 4 is 40.3 Å². The first kappa shape index (κ1) is 39.7. The summed E-state index contributed by atoms with van der Waals surface area (Å²) in [5.41, 5.74) is 1.21. The van der Waals surface area contributed by atoms with E-state index >= 15 is 0 Å². The number of carbonyl (C=O) groups excluding carboxylic acids is 2. The number of amides is 1. The number of carbonyl (C=O) groups is 2. The zero-order valence-corrected chi connectivity index (χ0v) is 26.9. The number of nitrogens with zero attached hydrogens (tertiary/aromatic N) is 2. The molecule has 0 heterocycles. The minimum atomic E-state index is -2.36. The third-order valence-electron chi connectivity index (χ3n) is 6.67. The number of nitrogens with one attached hydrogen (secondary N) is 1. The first-order valence-electron chi connectivity index (χ1n) is 15.4. The number of hydrogen-bond donors (Lipinski definition) is 3. The van der Waals surface area contributed by atoms with Crippen LogP contribution >= 0.6 is 0 Å². The van der Waals surface area contributed by atoms with Gasteiger partial charge < -0.3 is 40.0 Å². The molecule has 0 atom stereocenters. The first-order chi connectivity index (χ1) is 24.1. The Morgan fingerprint density at radius 3 is 1.92 bits per heavy atom. The number of nitrogens with two attached hydrogens (primary N) is 1. The molecule has 3 rings (SSSR count). The molecule has 3 aromatic rings. The smallest absolute Gasteiger partial charge is 0.313 e. The second kappa shape index (κ2) is 21.4. The molecular formula is C33H37F5N4O8. The van der Waals surface area contributed by atoms with E-state index in [-0.39, 0.29) is 51.1 Å². The third kappa shape index (κ3) is 13.3. The van der Waals surface area contributed by atoms with Crippen molar-refractivity contribution in [3.05, 3.63) is 65.5 Å². The third-order valence-corrected chi connectivity index (χ3v) is 6.67. The molecule has 17 heteroatoms. The number of anilines is 1. The van der Waals surface area contributed by atoms with Gasteiger partial charge in [-0.2, -0.15) is 13.9 Å². The van der Waals surface area contributed by atoms with Crippen molar-refractivity contribution in [2.24, 2.45) is 15.9 Å². The van der Waals surface area contributed by atoms with Crippen molar-refractivity contribution < 1.29 is 60.3 Å². The minimum absolute atomic E-state index is 0.0608. The maximum Gasteiger partial charge on any atom is 0.313 e. The second-order valence-corrected chi connectivity index (χ2v) is 10.4. The van der Waals surface area contributed by atoms with Gasteiger partial charge in [0.1, 0.15) is 5.75 Å². The molecule has 50 heavy (non-hydrogen) atoms. The normalized spacial score (nSPS) is 11.8. The maximum absolute atomic E-state index is 13.6. The van der Waals surface area contributed by atoms with Crippen LogP contribution in [-0.4, -0.2) is 88.3 Å². The molecule has 3 aromatic carbocycles. The molecular weight excluding hydrogens is 675 g/mol. The molecule has 0 bridgehead atoms. The highest BCUT2D eigenvalue weighted by Crippen LogP contribution is 2.29. The Morgan fingerprint density at radius 2 is 1.28 bits per heavy atom. The summed E-state index contributed by atoms with van der Waals surface area (Å²) in [6, 6.07) is 10.4. The number of aliphatic imine (C=N–C) groups is 1. The van der Waals surface area contributed by atoms with Crippen LogP contribution in [0.15, 0.2) is 46.5 Å². The highest BCUT2D eigenvalue weighted by molar-refractivity contribution is 6.30. The molecule has 0 saturated heterocycles. The fraction of sp³-hybridized carbons (Fsp3) is 0.394. The average molecular weight is 713 g/mol. The lowest BCUT2D eigenvalue weighted by atomic mass is 10.1. The standard InChI is InChI=1S/C33H37F5N4O8/c34-28-29(35)31(37)33(32(38)30(28)36)50-27(45)8-10-46-12-14-48-16-17-49-15-13-47-11-9-40-20-24(42-39)2-1-3-26(44)41-23-6-4-22-19-25(43)7-5-21(22)18-23/h4-7,18-20,43H,1-3,8-17,39H2,(H,41,44)/b40-20?,42-24-. The average Bonchev–Trinajstić information content (AvgIpc) is 3.10. The van der Waals surface area contributed by atoms with Gasteiger partial charge in [-0.3, -0.25) is 14.6 Å². The van der Waals surface area contributed by atoms with Crippen LogP contribution in [0, 0.1) is 29.1 Å². The molecule has 272 valence electrons. The number of phenolic OH excluding ortho intramolecular Hbond substituents is 1. The molecule has 0 spiro atoms. The van der Waals surface area contributed by atoms with Crippen LogP contribution in [0.2, 0.25) is 0 Å². The molecule has 0 aliphatic heterocycles. The summed E-state index contributed by atoms with van der Waals surface area (Å²) in [7, 11) is 0. The van der Waals surface area contributed by atoms with Gasteiger partial charge in [0, 0.05) is 18.3 Å². The fourth-order valence-electron chi connectivity index (χ4n) is 4.17. The van der Waals surface area contributed by atoms with Gasteiger partial charge in [0.2, 0.25) is 40.7 Å². The van der Waals surface area contributed by atoms with E-state index in [1.54, 1.807) is 30.5 Å². The van der Waals surface area contributed by atoms with E-state index in [0.29, 0.717) is 50.6 Å². The summed E-state index contributed by atoms with van der Waals surface area (Å²) in [6.45, 7) is 1.84. The van der Waals surface area contributed by atoms with Crippen LogP contribution in [0.3, 0.4) is 0 Å². The lowest BCUT2D eigenvalue weighted by Gasteiger charge is -2.09. The Balaban J connectivity index is 1.12. The molecule has 4 N–H and O–H groups in total. The number of hydrazone groups is 1. The Hall–Kier alpha value is -4.71. The number of halogens is 5. The van der Waals surface area contributed by atoms with Crippen molar-refractivity contribution in [2.45, 2.75) is 25.7 Å². The quantitative estimate of drug-likeness (QED) is 0.0153. The van der Waals surface area contributed by atoms with Crippen LogP contribution in [-0.2, 0) is 28.5 Å². The number of fused-ring (bicyclic) bond motifs is 1. The van der Waals surface area contributed by atoms with Crippen molar-refractivity contribution in [3.8, 4) is 11.5 Å². The van der Waals surface area contributed by atoms with E-state index in [4.69, 9.17) is 24.8 Å². The molecule has 0 fully saturated rings. The van der Waals surface area contributed by atoms with Crippen LogP contribution in [0.5, 0.6) is 11.5 Å². The van der Waals surface area contributed by atoms with Crippen LogP contribution in [0.1, 0.15) is 25.7 Å². The topological polar surface area (TPSA) is 163 Å². The van der Waals surface area contributed by atoms with Crippen LogP contribution in [0.4, 0.5) is 27.6 Å². The van der Waals surface area contributed by atoms with Gasteiger partial charge >= 0.3 is 5.97 Å². The second-order valence-electron chi connectivity index (χ2n) is 10.4. The van der Waals surface area contributed by atoms with E-state index < -0.39 is 47.2 Å². The zero-order chi connectivity index (χ0) is 36.3. The van der Waals surface area contributed by atoms with E-state index in [0.717, 1.165) is 10.8 Å². The molecule has 0 aliphatic carbocycles. The van der Waals surface area contributed by atoms with Gasteiger partial charge in [0.25, 0.3) is 0 Å². The van der Waals surface area contributed by atoms with Gasteiger partial charge in [0.05, 0.1) is 71.5 Å². The summed E-state index contributed by atoms with van der Waals surface area (Å²) < 4.78 is 92.0. The van der Waals surface area contributed by atoms with E-state index in [2.05, 4.69) is 20.1 Å². The molecule has 0 aliphatic rings. The zero-order valence-electron chi connectivity index (χ0n) is 26.9. The van der Waals surface area contributed by atoms with Crippen molar-refractivity contribution in [1.82, 2.24) is 0 Å². The largest absolute Gasteiger partial charge is 0.508 e. The Morgan fingerprint density at radius 1 is 0.720 bits per heavy atom. The lowest BCUT2D eigenvalue weighted by molar-refractivity contribution is -0.136.